The van der Waals surface area contributed by atoms with E-state index in [4.69, 9.17) is 0 Å². The third-order valence-corrected chi connectivity index (χ3v) is 15.1. The highest BCUT2D eigenvalue weighted by Gasteiger charge is 2.46. The molecule has 69 heavy (non-hydrogen) atoms. The Balaban J connectivity index is 1.08. The van der Waals surface area contributed by atoms with Crippen molar-refractivity contribution in [3.8, 4) is 55.6 Å². The van der Waals surface area contributed by atoms with Crippen LogP contribution >= 0.6 is 0 Å². The number of fused-ring (bicyclic) bond motifs is 7. The molecular formula is C68H49N. The second-order valence-corrected chi connectivity index (χ2v) is 19.2. The van der Waals surface area contributed by atoms with Gasteiger partial charge in [0.15, 0.2) is 0 Å². The molecule has 2 aliphatic rings. The molecule has 0 spiro atoms. The van der Waals surface area contributed by atoms with Crippen LogP contribution in [0, 0.1) is 0 Å². The second-order valence-electron chi connectivity index (χ2n) is 19.2. The van der Waals surface area contributed by atoms with Gasteiger partial charge in [-0.1, -0.05) is 232 Å². The van der Waals surface area contributed by atoms with Crippen LogP contribution in [-0.4, -0.2) is 0 Å². The minimum atomic E-state index is -0.552. The molecule has 13 rings (SSSR count). The zero-order valence-corrected chi connectivity index (χ0v) is 38.8. The van der Waals surface area contributed by atoms with E-state index in [9.17, 15) is 0 Å². The van der Waals surface area contributed by atoms with Gasteiger partial charge in [0.2, 0.25) is 0 Å². The summed E-state index contributed by atoms with van der Waals surface area (Å²) in [4.78, 5) is 2.55. The molecule has 11 aromatic rings. The van der Waals surface area contributed by atoms with E-state index in [1.165, 1.54) is 99.8 Å². The molecule has 0 aromatic heterocycles. The molecule has 0 unspecified atom stereocenters. The number of rotatable bonds is 8. The van der Waals surface area contributed by atoms with Crippen molar-refractivity contribution in [2.24, 2.45) is 0 Å². The first-order chi connectivity index (χ1) is 34.0. The van der Waals surface area contributed by atoms with Crippen LogP contribution in [0.3, 0.4) is 0 Å². The van der Waals surface area contributed by atoms with Gasteiger partial charge in [0.05, 0.1) is 11.1 Å². The zero-order chi connectivity index (χ0) is 46.1. The molecule has 0 aliphatic heterocycles. The summed E-state index contributed by atoms with van der Waals surface area (Å²) in [5, 5.41) is 2.46. The Morgan fingerprint density at radius 1 is 0.290 bits per heavy atom. The lowest BCUT2D eigenvalue weighted by molar-refractivity contribution is 0.660. The standard InChI is InChI=1S/C68H49N/c1-67(2)62-43-50(46-20-7-3-8-21-46)36-39-58(62)59-40-37-54(44-63(59)67)69(65-33-19-31-56(66(65)48-23-9-4-10-24-48)51-35-34-47-22-15-16-25-49(47)42-51)55-38-41-60-57-30-17-18-32-61(57)68(64(60)45-55,52-26-11-5-12-27-52)53-28-13-6-14-29-53/h3-45H,1-2H3. The highest BCUT2D eigenvalue weighted by Crippen LogP contribution is 2.58. The maximum atomic E-state index is 2.55. The van der Waals surface area contributed by atoms with Crippen molar-refractivity contribution < 1.29 is 0 Å². The minimum absolute atomic E-state index is 0.248. The van der Waals surface area contributed by atoms with Gasteiger partial charge in [0.25, 0.3) is 0 Å². The van der Waals surface area contributed by atoms with Crippen molar-refractivity contribution >= 4 is 27.8 Å². The minimum Gasteiger partial charge on any atom is -0.310 e. The molecule has 0 radical (unpaired) electrons. The Kier molecular flexibility index (Phi) is 9.49. The van der Waals surface area contributed by atoms with E-state index in [1.54, 1.807) is 0 Å². The van der Waals surface area contributed by atoms with E-state index in [1.807, 2.05) is 0 Å². The first-order valence-corrected chi connectivity index (χ1v) is 24.2. The van der Waals surface area contributed by atoms with E-state index in [0.717, 1.165) is 17.1 Å². The molecule has 0 fully saturated rings. The predicted octanol–water partition coefficient (Wildman–Crippen LogP) is 18.0. The van der Waals surface area contributed by atoms with Crippen molar-refractivity contribution in [3.05, 3.63) is 294 Å². The van der Waals surface area contributed by atoms with Crippen LogP contribution in [0.2, 0.25) is 0 Å². The van der Waals surface area contributed by atoms with Crippen molar-refractivity contribution in [2.45, 2.75) is 24.7 Å². The Labute approximate surface area is 405 Å². The highest BCUT2D eigenvalue weighted by atomic mass is 15.1. The summed E-state index contributed by atoms with van der Waals surface area (Å²) < 4.78 is 0. The van der Waals surface area contributed by atoms with Gasteiger partial charge in [-0.3, -0.25) is 0 Å². The molecule has 0 heterocycles. The smallest absolute Gasteiger partial charge is 0.0714 e. The lowest BCUT2D eigenvalue weighted by atomic mass is 9.67. The predicted molar refractivity (Wildman–Crippen MR) is 290 cm³/mol. The van der Waals surface area contributed by atoms with Crippen molar-refractivity contribution in [1.82, 2.24) is 0 Å². The molecule has 1 nitrogen and oxygen atoms in total. The summed E-state index contributed by atoms with van der Waals surface area (Å²) in [6.07, 6.45) is 0. The highest BCUT2D eigenvalue weighted by molar-refractivity contribution is 6.00. The molecular weight excluding hydrogens is 831 g/mol. The molecule has 0 N–H and O–H groups in total. The normalized spacial score (nSPS) is 13.6. The molecule has 0 saturated carbocycles. The van der Waals surface area contributed by atoms with Gasteiger partial charge in [0, 0.05) is 22.4 Å². The monoisotopic (exact) mass is 879 g/mol. The number of hydrogen-bond acceptors (Lipinski definition) is 1. The van der Waals surface area contributed by atoms with Crippen LogP contribution in [0.25, 0.3) is 66.4 Å². The zero-order valence-electron chi connectivity index (χ0n) is 38.8. The fourth-order valence-electron chi connectivity index (χ4n) is 11.9. The number of anilines is 3. The van der Waals surface area contributed by atoms with E-state index < -0.39 is 5.41 Å². The lowest BCUT2D eigenvalue weighted by Crippen LogP contribution is -2.28. The molecule has 0 bridgehead atoms. The molecule has 0 saturated heterocycles. The summed E-state index contributed by atoms with van der Waals surface area (Å²) >= 11 is 0. The average Bonchev–Trinajstić information content (AvgIpc) is 3.84. The van der Waals surface area contributed by atoms with Crippen LogP contribution in [0.1, 0.15) is 47.2 Å². The Hall–Kier alpha value is -8.52. The van der Waals surface area contributed by atoms with Gasteiger partial charge in [-0.05, 0) is 137 Å². The summed E-state index contributed by atoms with van der Waals surface area (Å²) in [5.74, 6) is 0. The van der Waals surface area contributed by atoms with Gasteiger partial charge < -0.3 is 4.90 Å². The summed E-state index contributed by atoms with van der Waals surface area (Å²) in [7, 11) is 0. The third kappa shape index (κ3) is 6.38. The maximum absolute atomic E-state index is 2.55. The first kappa shape index (κ1) is 40.7. The summed E-state index contributed by atoms with van der Waals surface area (Å²) in [5.41, 5.74) is 22.6. The SMILES string of the molecule is CC1(C)c2cc(-c3ccccc3)ccc2-c2ccc(N(c3ccc4c(c3)C(c3ccccc3)(c3ccccc3)c3ccccc3-4)c3cccc(-c4ccc5ccccc5c4)c3-c3ccccc3)cc21. The van der Waals surface area contributed by atoms with Gasteiger partial charge in [0.1, 0.15) is 0 Å². The van der Waals surface area contributed by atoms with Crippen LogP contribution in [0.5, 0.6) is 0 Å². The summed E-state index contributed by atoms with van der Waals surface area (Å²) in [6, 6.07) is 97.1. The van der Waals surface area contributed by atoms with E-state index in [-0.39, 0.29) is 5.41 Å². The maximum Gasteiger partial charge on any atom is 0.0714 e. The number of hydrogen-bond donors (Lipinski definition) is 0. The van der Waals surface area contributed by atoms with Crippen molar-refractivity contribution in [2.75, 3.05) is 4.90 Å². The fraction of sp³-hybridized carbons (Fsp3) is 0.0588. The quantitative estimate of drug-likeness (QED) is 0.147. The average molecular weight is 880 g/mol. The van der Waals surface area contributed by atoms with Crippen LogP contribution < -0.4 is 4.90 Å². The number of benzene rings is 11. The van der Waals surface area contributed by atoms with Crippen molar-refractivity contribution in [1.29, 1.82) is 0 Å². The van der Waals surface area contributed by atoms with Gasteiger partial charge in [-0.15, -0.1) is 0 Å². The van der Waals surface area contributed by atoms with Crippen molar-refractivity contribution in [3.63, 3.8) is 0 Å². The van der Waals surface area contributed by atoms with Gasteiger partial charge in [-0.2, -0.15) is 0 Å². The topological polar surface area (TPSA) is 3.24 Å². The molecule has 326 valence electrons. The Bertz CT molecular complexity index is 3700. The Morgan fingerprint density at radius 2 is 0.783 bits per heavy atom. The largest absolute Gasteiger partial charge is 0.310 e. The number of nitrogens with zero attached hydrogens (tertiary/aromatic N) is 1. The van der Waals surface area contributed by atoms with Gasteiger partial charge >= 0.3 is 0 Å². The summed E-state index contributed by atoms with van der Waals surface area (Å²) in [6.45, 7) is 4.80. The van der Waals surface area contributed by atoms with Crippen LogP contribution in [-0.2, 0) is 10.8 Å². The van der Waals surface area contributed by atoms with E-state index in [2.05, 4.69) is 280 Å². The first-order valence-electron chi connectivity index (χ1n) is 24.2. The van der Waals surface area contributed by atoms with E-state index in [0.29, 0.717) is 0 Å². The van der Waals surface area contributed by atoms with Crippen LogP contribution in [0.4, 0.5) is 17.1 Å². The molecule has 0 amide bonds. The Morgan fingerprint density at radius 3 is 1.46 bits per heavy atom. The lowest BCUT2D eigenvalue weighted by Gasteiger charge is -2.35. The molecule has 11 aromatic carbocycles. The second kappa shape index (κ2) is 16.1. The van der Waals surface area contributed by atoms with Gasteiger partial charge in [-0.25, -0.2) is 0 Å². The molecule has 1 heteroatoms. The van der Waals surface area contributed by atoms with E-state index >= 15 is 0 Å². The third-order valence-electron chi connectivity index (χ3n) is 15.1. The fourth-order valence-corrected chi connectivity index (χ4v) is 11.9. The molecule has 0 atom stereocenters. The van der Waals surface area contributed by atoms with Crippen LogP contribution in [0.15, 0.2) is 261 Å². The molecule has 2 aliphatic carbocycles.